The van der Waals surface area contributed by atoms with Gasteiger partial charge in [0.15, 0.2) is 5.78 Å². The molecule has 0 radical (unpaired) electrons. The third kappa shape index (κ3) is 21.1. The number of ketones is 1. The number of carbonyl (C=O) groups is 1. The van der Waals surface area contributed by atoms with E-state index in [0.717, 1.165) is 48.1 Å². The van der Waals surface area contributed by atoms with E-state index in [4.69, 9.17) is 4.74 Å². The van der Waals surface area contributed by atoms with Crippen LogP contribution in [0.4, 0.5) is 0 Å². The number of rotatable bonds is 17. The van der Waals surface area contributed by atoms with Crippen LogP contribution in [0.1, 0.15) is 138 Å². The van der Waals surface area contributed by atoms with Crippen molar-refractivity contribution in [3.8, 4) is 5.75 Å². The monoisotopic (exact) mass is 667 g/mol. The molecule has 0 aliphatic heterocycles. The van der Waals surface area contributed by atoms with Gasteiger partial charge >= 0.3 is 0 Å². The molecule has 47 heavy (non-hydrogen) atoms. The Kier molecular flexibility index (Phi) is 29.2. The molecule has 4 unspecified atom stereocenters. The molecule has 0 fully saturated rings. The van der Waals surface area contributed by atoms with E-state index in [2.05, 4.69) is 114 Å². The summed E-state index contributed by atoms with van der Waals surface area (Å²) in [4.78, 5) is 15.7. The Hall–Kier alpha value is -2.63. The zero-order chi connectivity index (χ0) is 36.2. The van der Waals surface area contributed by atoms with Gasteiger partial charge in [-0.1, -0.05) is 136 Å². The van der Waals surface area contributed by atoms with E-state index in [-0.39, 0.29) is 11.9 Å². The summed E-state index contributed by atoms with van der Waals surface area (Å²) in [5.41, 5.74) is 4.42. The summed E-state index contributed by atoms with van der Waals surface area (Å²) in [5, 5.41) is 3.92. The Morgan fingerprint density at radius 2 is 1.49 bits per heavy atom. The number of nitrogens with zero attached hydrogens (tertiary/aromatic N) is 1. The van der Waals surface area contributed by atoms with Crippen LogP contribution in [0.5, 0.6) is 5.75 Å². The zero-order valence-electron chi connectivity index (χ0n) is 32.4. The average molecular weight is 667 g/mol. The van der Waals surface area contributed by atoms with Gasteiger partial charge in [-0.25, -0.2) is 4.99 Å². The first-order valence-corrected chi connectivity index (χ1v) is 19.2. The van der Waals surface area contributed by atoms with Crippen molar-refractivity contribution in [3.05, 3.63) is 88.5 Å². The lowest BCUT2D eigenvalue weighted by Gasteiger charge is -2.20. The van der Waals surface area contributed by atoms with Crippen molar-refractivity contribution < 1.29 is 9.53 Å². The fourth-order valence-electron chi connectivity index (χ4n) is 4.44. The summed E-state index contributed by atoms with van der Waals surface area (Å²) in [7, 11) is 1.98. The van der Waals surface area contributed by atoms with Gasteiger partial charge < -0.3 is 10.1 Å². The molecule has 1 N–H and O–H groups in total. The second kappa shape index (κ2) is 29.5. The predicted octanol–water partition coefficient (Wildman–Crippen LogP) is 12.6. The van der Waals surface area contributed by atoms with Crippen molar-refractivity contribution in [1.29, 1.82) is 0 Å². The molecule has 2 aromatic carbocycles. The third-order valence-corrected chi connectivity index (χ3v) is 8.95. The van der Waals surface area contributed by atoms with E-state index >= 15 is 0 Å². The summed E-state index contributed by atoms with van der Waals surface area (Å²) in [5.74, 6) is 2.97. The molecule has 0 saturated heterocycles. The third-order valence-electron chi connectivity index (χ3n) is 8.38. The summed E-state index contributed by atoms with van der Waals surface area (Å²) < 4.78 is 6.23. The Bertz CT molecular complexity index is 1130. The Morgan fingerprint density at radius 1 is 0.894 bits per heavy atom. The molecule has 5 heteroatoms. The molecule has 0 amide bonds. The number of aliphatic imine (C=N–C) groups is 1. The number of benzene rings is 2. The molecular formula is C42H70N2O2S. The maximum absolute atomic E-state index is 11.5. The quantitative estimate of drug-likeness (QED) is 0.135. The van der Waals surface area contributed by atoms with Crippen molar-refractivity contribution in [2.75, 3.05) is 19.8 Å². The van der Waals surface area contributed by atoms with Gasteiger partial charge in [-0.05, 0) is 87.6 Å². The average Bonchev–Trinajstić information content (AvgIpc) is 3.11. The van der Waals surface area contributed by atoms with Gasteiger partial charge in [0.25, 0.3) is 0 Å². The maximum Gasteiger partial charge on any atom is 0.161 e. The number of allylic oxidation sites excluding steroid dienone is 2. The second-order valence-corrected chi connectivity index (χ2v) is 12.8. The van der Waals surface area contributed by atoms with E-state index in [1.165, 1.54) is 42.2 Å². The Labute approximate surface area is 295 Å². The number of hydrogen-bond acceptors (Lipinski definition) is 5. The molecular weight excluding hydrogens is 597 g/mol. The minimum absolute atomic E-state index is 0.0652. The molecule has 4 nitrogen and oxygen atoms in total. The highest BCUT2D eigenvalue weighted by atomic mass is 32.2. The van der Waals surface area contributed by atoms with Gasteiger partial charge in [0, 0.05) is 18.2 Å². The van der Waals surface area contributed by atoms with Crippen LogP contribution < -0.4 is 10.1 Å². The number of carbonyl (C=O) groups excluding carboxylic acids is 1. The summed E-state index contributed by atoms with van der Waals surface area (Å²) in [6.45, 7) is 27.8. The van der Waals surface area contributed by atoms with E-state index in [0.29, 0.717) is 17.4 Å². The predicted molar refractivity (Wildman–Crippen MR) is 213 cm³/mol. The molecule has 266 valence electrons. The Morgan fingerprint density at radius 3 is 1.91 bits per heavy atom. The minimum Gasteiger partial charge on any atom is -0.486 e. The van der Waals surface area contributed by atoms with E-state index in [1.54, 1.807) is 13.1 Å². The topological polar surface area (TPSA) is 50.7 Å². The van der Waals surface area contributed by atoms with Gasteiger partial charge in [-0.2, -0.15) is 0 Å². The lowest BCUT2D eigenvalue weighted by molar-refractivity contribution is -0.113. The van der Waals surface area contributed by atoms with Crippen molar-refractivity contribution in [3.63, 3.8) is 0 Å². The van der Waals surface area contributed by atoms with Crippen LogP contribution in [0, 0.1) is 11.8 Å². The van der Waals surface area contributed by atoms with Crippen molar-refractivity contribution in [2.24, 2.45) is 16.8 Å². The zero-order valence-corrected chi connectivity index (χ0v) is 33.2. The first-order valence-electron chi connectivity index (χ1n) is 17.9. The van der Waals surface area contributed by atoms with Crippen LogP contribution >= 0.6 is 11.8 Å². The van der Waals surface area contributed by atoms with E-state index in [9.17, 15) is 4.79 Å². The number of ether oxygens (including phenoxy) is 1. The lowest BCUT2D eigenvalue weighted by Crippen LogP contribution is -2.16. The number of thioether (sulfide) groups is 1. The highest BCUT2D eigenvalue weighted by molar-refractivity contribution is 8.02. The molecule has 0 aliphatic rings. The molecule has 4 atom stereocenters. The largest absolute Gasteiger partial charge is 0.486 e. The van der Waals surface area contributed by atoms with Gasteiger partial charge in [-0.3, -0.25) is 4.79 Å². The van der Waals surface area contributed by atoms with Gasteiger partial charge in [0.05, 0.1) is 5.03 Å². The first kappa shape index (κ1) is 46.5. The van der Waals surface area contributed by atoms with Crippen LogP contribution in [-0.2, 0) is 4.79 Å². The van der Waals surface area contributed by atoms with Crippen LogP contribution in [0.2, 0.25) is 0 Å². The Balaban J connectivity index is 0. The SMILES string of the molecule is C=C(/N=C\C(C(C)=O)=C(\C)C(C)CC)SC.CC.CCC(C)c1ccc(OC(CCNC)c2ccccc2)cc1.CCCC(C)CC. The van der Waals surface area contributed by atoms with Crippen molar-refractivity contribution >= 4 is 23.8 Å². The van der Waals surface area contributed by atoms with Gasteiger partial charge in [0.1, 0.15) is 11.9 Å². The molecule has 0 heterocycles. The number of hydrogen-bond donors (Lipinski definition) is 1. The van der Waals surface area contributed by atoms with Gasteiger partial charge in [0.2, 0.25) is 0 Å². The number of Topliss-reactive ketones (excluding diaryl/α,β-unsaturated/α-hetero) is 1. The second-order valence-electron chi connectivity index (χ2n) is 11.9. The number of nitrogens with one attached hydrogen (secondary N) is 1. The van der Waals surface area contributed by atoms with Crippen LogP contribution in [0.15, 0.2) is 82.3 Å². The van der Waals surface area contributed by atoms with Crippen LogP contribution in [0.25, 0.3) is 0 Å². The van der Waals surface area contributed by atoms with Crippen LogP contribution in [0.3, 0.4) is 0 Å². The summed E-state index contributed by atoms with van der Waals surface area (Å²) in [6.07, 6.45) is 10.9. The molecule has 0 bridgehead atoms. The molecule has 0 aromatic heterocycles. The summed E-state index contributed by atoms with van der Waals surface area (Å²) in [6, 6.07) is 19.0. The fourth-order valence-corrected chi connectivity index (χ4v) is 4.60. The summed E-state index contributed by atoms with van der Waals surface area (Å²) >= 11 is 1.48. The molecule has 0 spiro atoms. The fraction of sp³-hybridized carbons (Fsp3) is 0.571. The molecule has 0 aliphatic carbocycles. The highest BCUT2D eigenvalue weighted by Crippen LogP contribution is 2.27. The first-order chi connectivity index (χ1) is 22.5. The minimum atomic E-state index is 0.0652. The molecule has 0 saturated carbocycles. The highest BCUT2D eigenvalue weighted by Gasteiger charge is 2.13. The lowest BCUT2D eigenvalue weighted by atomic mass is 9.94. The molecule has 2 aromatic rings. The van der Waals surface area contributed by atoms with Gasteiger partial charge in [-0.15, -0.1) is 11.8 Å². The normalized spacial score (nSPS) is 13.6. The molecule has 2 rings (SSSR count). The van der Waals surface area contributed by atoms with Crippen LogP contribution in [-0.4, -0.2) is 31.8 Å². The van der Waals surface area contributed by atoms with Crippen molar-refractivity contribution in [2.45, 2.75) is 127 Å². The van der Waals surface area contributed by atoms with Crippen molar-refractivity contribution in [1.82, 2.24) is 5.32 Å². The van der Waals surface area contributed by atoms with E-state index < -0.39 is 0 Å². The smallest absolute Gasteiger partial charge is 0.161 e. The standard InChI is InChI=1S/C20H27NO.C13H21NOS.C7H16.C2H6/c1-4-16(2)17-10-12-19(13-11-17)22-20(14-15-21-3)18-8-6-5-7-9-18;1-7-9(2)10(3)13(11(4)15)8-14-12(5)16-6;1-4-6-7(3)5-2;1-2/h5-13,16,20-21H,4,14-15H2,1-3H3;8-9H,5,7H2,1-4,6H3;7H,4-6H2,1-3H3;1-2H3/b;13-10+,14-8-;;. The maximum atomic E-state index is 11.5. The van der Waals surface area contributed by atoms with E-state index in [1.807, 2.05) is 40.1 Å².